The topological polar surface area (TPSA) is 0 Å². The minimum absolute atomic E-state index is 1.10. The molecule has 2 aliphatic rings. The van der Waals surface area contributed by atoms with E-state index in [0.717, 1.165) is 12.8 Å². The van der Waals surface area contributed by atoms with Crippen molar-refractivity contribution in [2.24, 2.45) is 0 Å². The summed E-state index contributed by atoms with van der Waals surface area (Å²) in [6.45, 7) is 2.26. The lowest BCUT2D eigenvalue weighted by atomic mass is 9.97. The van der Waals surface area contributed by atoms with E-state index in [9.17, 15) is 0 Å². The Morgan fingerprint density at radius 3 is 2.80 bits per heavy atom. The molecule has 1 aromatic carbocycles. The van der Waals surface area contributed by atoms with E-state index in [2.05, 4.69) is 49.4 Å². The fraction of sp³-hybridized carbons (Fsp3) is 0.200. The molecule has 0 nitrogen and oxygen atoms in total. The van der Waals surface area contributed by atoms with Crippen molar-refractivity contribution in [1.29, 1.82) is 0 Å². The van der Waals surface area contributed by atoms with Gasteiger partial charge in [-0.25, -0.2) is 0 Å². The molecule has 15 heavy (non-hydrogen) atoms. The number of rotatable bonds is 1. The van der Waals surface area contributed by atoms with Gasteiger partial charge < -0.3 is 0 Å². The summed E-state index contributed by atoms with van der Waals surface area (Å²) in [5, 5.41) is 0. The lowest BCUT2D eigenvalue weighted by molar-refractivity contribution is 1.19. The Balaban J connectivity index is 2.12. The normalized spacial score (nSPS) is 18.3. The molecular weight excluding hydrogens is 180 g/mol. The van der Waals surface area contributed by atoms with Gasteiger partial charge in [-0.3, -0.25) is 0 Å². The number of benzene rings is 1. The molecule has 0 spiro atoms. The molecule has 0 heterocycles. The molecule has 0 aliphatic heterocycles. The highest BCUT2D eigenvalue weighted by atomic mass is 14.2. The highest BCUT2D eigenvalue weighted by Crippen LogP contribution is 2.39. The van der Waals surface area contributed by atoms with Crippen LogP contribution in [0.15, 0.2) is 53.6 Å². The van der Waals surface area contributed by atoms with Crippen molar-refractivity contribution in [1.82, 2.24) is 0 Å². The summed E-state index contributed by atoms with van der Waals surface area (Å²) >= 11 is 0. The van der Waals surface area contributed by atoms with Gasteiger partial charge in [0.2, 0.25) is 0 Å². The highest BCUT2D eigenvalue weighted by Gasteiger charge is 2.20. The first kappa shape index (κ1) is 8.72. The first-order chi connectivity index (χ1) is 7.36. The van der Waals surface area contributed by atoms with Crippen LogP contribution in [-0.2, 0) is 6.42 Å². The molecule has 0 unspecified atom stereocenters. The Bertz CT molecular complexity index is 499. The molecule has 74 valence electrons. The van der Waals surface area contributed by atoms with Gasteiger partial charge in [-0.15, -0.1) is 0 Å². The lowest BCUT2D eigenvalue weighted by Crippen LogP contribution is -1.86. The van der Waals surface area contributed by atoms with Crippen LogP contribution in [-0.4, -0.2) is 0 Å². The second kappa shape index (κ2) is 3.23. The van der Waals surface area contributed by atoms with E-state index in [4.69, 9.17) is 0 Å². The van der Waals surface area contributed by atoms with E-state index in [-0.39, 0.29) is 0 Å². The fourth-order valence-electron chi connectivity index (χ4n) is 2.60. The van der Waals surface area contributed by atoms with Crippen molar-refractivity contribution in [2.45, 2.75) is 19.8 Å². The molecular formula is C15H14. The lowest BCUT2D eigenvalue weighted by Gasteiger charge is -2.07. The largest absolute Gasteiger partial charge is 0.0801 e. The van der Waals surface area contributed by atoms with Gasteiger partial charge in [-0.05, 0) is 42.0 Å². The van der Waals surface area contributed by atoms with Crippen LogP contribution in [0.4, 0.5) is 0 Å². The molecule has 0 bridgehead atoms. The van der Waals surface area contributed by atoms with Gasteiger partial charge in [-0.2, -0.15) is 0 Å². The van der Waals surface area contributed by atoms with Gasteiger partial charge >= 0.3 is 0 Å². The number of hydrogen-bond acceptors (Lipinski definition) is 0. The average Bonchev–Trinajstić information content (AvgIpc) is 2.82. The van der Waals surface area contributed by atoms with Crippen molar-refractivity contribution in [2.75, 3.05) is 0 Å². The summed E-state index contributed by atoms with van der Waals surface area (Å²) in [5.74, 6) is 0. The van der Waals surface area contributed by atoms with E-state index >= 15 is 0 Å². The van der Waals surface area contributed by atoms with Gasteiger partial charge in [0.1, 0.15) is 0 Å². The predicted octanol–water partition coefficient (Wildman–Crippen LogP) is 3.90. The molecule has 0 atom stereocenters. The minimum Gasteiger partial charge on any atom is -0.0801 e. The molecule has 1 aromatic rings. The monoisotopic (exact) mass is 194 g/mol. The van der Waals surface area contributed by atoms with Gasteiger partial charge in [-0.1, -0.05) is 48.1 Å². The van der Waals surface area contributed by atoms with Crippen LogP contribution in [0.3, 0.4) is 0 Å². The van der Waals surface area contributed by atoms with E-state index in [1.54, 1.807) is 0 Å². The molecule has 3 rings (SSSR count). The molecule has 0 N–H and O–H groups in total. The summed E-state index contributed by atoms with van der Waals surface area (Å²) in [4.78, 5) is 0. The number of allylic oxidation sites excluding steroid dienone is 6. The smallest absolute Gasteiger partial charge is 0.00544 e. The maximum absolute atomic E-state index is 2.26. The Kier molecular flexibility index (Phi) is 1.88. The summed E-state index contributed by atoms with van der Waals surface area (Å²) in [6, 6.07) is 8.77. The van der Waals surface area contributed by atoms with Gasteiger partial charge in [0, 0.05) is 0 Å². The second-order valence-corrected chi connectivity index (χ2v) is 4.31. The van der Waals surface area contributed by atoms with Crippen molar-refractivity contribution in [3.63, 3.8) is 0 Å². The maximum Gasteiger partial charge on any atom is -0.00544 e. The molecule has 0 saturated carbocycles. The summed E-state index contributed by atoms with van der Waals surface area (Å²) < 4.78 is 0. The molecule has 0 fully saturated rings. The maximum atomic E-state index is 2.26. The average molecular weight is 194 g/mol. The Morgan fingerprint density at radius 1 is 1.13 bits per heavy atom. The van der Waals surface area contributed by atoms with Crippen molar-refractivity contribution < 1.29 is 0 Å². The standard InChI is InChI=1S/C15H14/c1-11-10-13-8-4-5-9-14(13)15(11)12-6-2-3-7-12/h2-6,8-9H,7,10H2,1H3. The molecule has 0 amide bonds. The van der Waals surface area contributed by atoms with Crippen LogP contribution in [0.2, 0.25) is 0 Å². The van der Waals surface area contributed by atoms with Crippen molar-refractivity contribution in [3.05, 3.63) is 64.8 Å². The summed E-state index contributed by atoms with van der Waals surface area (Å²) in [7, 11) is 0. The van der Waals surface area contributed by atoms with Crippen LogP contribution in [0.25, 0.3) is 5.57 Å². The molecule has 0 aromatic heterocycles. The third kappa shape index (κ3) is 1.29. The minimum atomic E-state index is 1.10. The van der Waals surface area contributed by atoms with E-state index in [1.165, 1.54) is 27.8 Å². The quantitative estimate of drug-likeness (QED) is 0.636. The van der Waals surface area contributed by atoms with Crippen LogP contribution < -0.4 is 0 Å². The fourth-order valence-corrected chi connectivity index (χ4v) is 2.60. The zero-order valence-electron chi connectivity index (χ0n) is 8.96. The highest BCUT2D eigenvalue weighted by molar-refractivity contribution is 5.87. The summed E-state index contributed by atoms with van der Waals surface area (Å²) in [5.41, 5.74) is 7.43. The molecule has 0 saturated heterocycles. The van der Waals surface area contributed by atoms with E-state index < -0.39 is 0 Å². The Morgan fingerprint density at radius 2 is 2.00 bits per heavy atom. The molecule has 0 heteroatoms. The van der Waals surface area contributed by atoms with Crippen LogP contribution in [0.1, 0.15) is 24.5 Å². The predicted molar refractivity (Wildman–Crippen MR) is 64.6 cm³/mol. The Hall–Kier alpha value is -1.56. The van der Waals surface area contributed by atoms with Crippen LogP contribution >= 0.6 is 0 Å². The van der Waals surface area contributed by atoms with Crippen LogP contribution in [0, 0.1) is 0 Å². The van der Waals surface area contributed by atoms with Gasteiger partial charge in [0.05, 0.1) is 0 Å². The second-order valence-electron chi connectivity index (χ2n) is 4.31. The molecule has 0 radical (unpaired) electrons. The third-order valence-electron chi connectivity index (χ3n) is 3.26. The van der Waals surface area contributed by atoms with Gasteiger partial charge in [0.15, 0.2) is 0 Å². The zero-order valence-corrected chi connectivity index (χ0v) is 8.96. The number of fused-ring (bicyclic) bond motifs is 1. The van der Waals surface area contributed by atoms with E-state index in [1.807, 2.05) is 0 Å². The van der Waals surface area contributed by atoms with Crippen molar-refractivity contribution in [3.8, 4) is 0 Å². The first-order valence-electron chi connectivity index (χ1n) is 5.50. The zero-order chi connectivity index (χ0) is 10.3. The third-order valence-corrected chi connectivity index (χ3v) is 3.26. The summed E-state index contributed by atoms with van der Waals surface area (Å²) in [6.07, 6.45) is 8.87. The van der Waals surface area contributed by atoms with Crippen molar-refractivity contribution >= 4 is 5.57 Å². The van der Waals surface area contributed by atoms with E-state index in [0.29, 0.717) is 0 Å². The molecule has 2 aliphatic carbocycles. The Labute approximate surface area is 90.6 Å². The number of hydrogen-bond donors (Lipinski definition) is 0. The first-order valence-corrected chi connectivity index (χ1v) is 5.50. The SMILES string of the molecule is CC1=C(C2=CC=CC2)c2ccccc2C1. The van der Waals surface area contributed by atoms with Gasteiger partial charge in [0.25, 0.3) is 0 Å². The van der Waals surface area contributed by atoms with Crippen LogP contribution in [0.5, 0.6) is 0 Å².